The third-order valence-corrected chi connectivity index (χ3v) is 4.83. The predicted octanol–water partition coefficient (Wildman–Crippen LogP) is 1.72. The fourth-order valence-electron chi connectivity index (χ4n) is 2.18. The summed E-state index contributed by atoms with van der Waals surface area (Å²) in [6.07, 6.45) is 0.0144. The number of amides is 1. The van der Waals surface area contributed by atoms with Crippen molar-refractivity contribution in [2.75, 3.05) is 18.7 Å². The second kappa shape index (κ2) is 6.90. The zero-order chi connectivity index (χ0) is 17.0. The zero-order valence-electron chi connectivity index (χ0n) is 12.7. The van der Waals surface area contributed by atoms with E-state index in [1.54, 1.807) is 36.4 Å². The Morgan fingerprint density at radius 3 is 2.58 bits per heavy atom. The van der Waals surface area contributed by atoms with Crippen LogP contribution >= 0.6 is 0 Å². The van der Waals surface area contributed by atoms with Crippen LogP contribution in [0.1, 0.15) is 6.42 Å². The molecule has 0 aromatic heterocycles. The van der Waals surface area contributed by atoms with Gasteiger partial charge in [-0.05, 0) is 24.3 Å². The summed E-state index contributed by atoms with van der Waals surface area (Å²) >= 11 is 0. The highest BCUT2D eigenvalue weighted by Crippen LogP contribution is 2.34. The van der Waals surface area contributed by atoms with E-state index in [0.717, 1.165) is 0 Å². The molecule has 0 saturated carbocycles. The van der Waals surface area contributed by atoms with Crippen LogP contribution in [0.25, 0.3) is 0 Å². The molecule has 7 nitrogen and oxygen atoms in total. The third kappa shape index (κ3) is 3.84. The molecule has 0 saturated heterocycles. The number of fused-ring (bicyclic) bond motifs is 1. The molecule has 0 spiro atoms. The van der Waals surface area contributed by atoms with E-state index < -0.39 is 10.0 Å². The third-order valence-electron chi connectivity index (χ3n) is 3.35. The van der Waals surface area contributed by atoms with Crippen LogP contribution in [0.15, 0.2) is 53.4 Å². The van der Waals surface area contributed by atoms with Crippen molar-refractivity contribution >= 4 is 21.6 Å². The lowest BCUT2D eigenvalue weighted by Crippen LogP contribution is -2.27. The SMILES string of the molecule is O=C(CCNS(=O)(=O)c1ccccc1)Nc1ccc2c(c1)OCO2. The maximum Gasteiger partial charge on any atom is 0.240 e. The second-order valence-electron chi connectivity index (χ2n) is 5.08. The molecular formula is C16H16N2O5S. The minimum atomic E-state index is -3.60. The van der Waals surface area contributed by atoms with Gasteiger partial charge in [-0.1, -0.05) is 18.2 Å². The van der Waals surface area contributed by atoms with Gasteiger partial charge in [-0.3, -0.25) is 4.79 Å². The van der Waals surface area contributed by atoms with Gasteiger partial charge in [0.25, 0.3) is 0 Å². The van der Waals surface area contributed by atoms with E-state index in [1.807, 2.05) is 0 Å². The summed E-state index contributed by atoms with van der Waals surface area (Å²) in [4.78, 5) is 12.1. The largest absolute Gasteiger partial charge is 0.454 e. The van der Waals surface area contributed by atoms with Crippen molar-refractivity contribution in [2.24, 2.45) is 0 Å². The Hall–Kier alpha value is -2.58. The Morgan fingerprint density at radius 1 is 1.04 bits per heavy atom. The van der Waals surface area contributed by atoms with Gasteiger partial charge in [0.05, 0.1) is 4.90 Å². The molecule has 24 heavy (non-hydrogen) atoms. The average molecular weight is 348 g/mol. The van der Waals surface area contributed by atoms with Gasteiger partial charge in [0.2, 0.25) is 22.7 Å². The van der Waals surface area contributed by atoms with Crippen molar-refractivity contribution in [2.45, 2.75) is 11.3 Å². The summed E-state index contributed by atoms with van der Waals surface area (Å²) < 4.78 is 36.9. The minimum absolute atomic E-state index is 0.00755. The van der Waals surface area contributed by atoms with Gasteiger partial charge in [0.1, 0.15) is 0 Å². The monoisotopic (exact) mass is 348 g/mol. The topological polar surface area (TPSA) is 93.7 Å². The molecule has 8 heteroatoms. The second-order valence-corrected chi connectivity index (χ2v) is 6.84. The highest BCUT2D eigenvalue weighted by molar-refractivity contribution is 7.89. The Balaban J connectivity index is 1.51. The Bertz CT molecular complexity index is 837. The highest BCUT2D eigenvalue weighted by atomic mass is 32.2. The first-order valence-electron chi connectivity index (χ1n) is 7.29. The average Bonchev–Trinajstić information content (AvgIpc) is 3.03. The molecule has 1 amide bonds. The summed E-state index contributed by atoms with van der Waals surface area (Å²) in [5, 5.41) is 2.69. The molecular weight excluding hydrogens is 332 g/mol. The fraction of sp³-hybridized carbons (Fsp3) is 0.188. The first kappa shape index (κ1) is 16.3. The molecule has 126 valence electrons. The number of rotatable bonds is 6. The number of anilines is 1. The summed E-state index contributed by atoms with van der Waals surface area (Å²) in [7, 11) is -3.60. The Morgan fingerprint density at radius 2 is 1.79 bits per heavy atom. The minimum Gasteiger partial charge on any atom is -0.454 e. The standard InChI is InChI=1S/C16H16N2O5S/c19-16(18-12-6-7-14-15(10-12)23-11-22-14)8-9-17-24(20,21)13-4-2-1-3-5-13/h1-7,10,17H,8-9,11H2,(H,18,19). The number of carbonyl (C=O) groups excluding carboxylic acids is 1. The van der Waals surface area contributed by atoms with E-state index in [2.05, 4.69) is 10.0 Å². The molecule has 2 N–H and O–H groups in total. The molecule has 1 heterocycles. The van der Waals surface area contributed by atoms with E-state index in [1.165, 1.54) is 12.1 Å². The van der Waals surface area contributed by atoms with Crippen molar-refractivity contribution in [3.63, 3.8) is 0 Å². The van der Waals surface area contributed by atoms with Crippen LogP contribution < -0.4 is 19.5 Å². The van der Waals surface area contributed by atoms with E-state index in [-0.39, 0.29) is 30.6 Å². The predicted molar refractivity (Wildman–Crippen MR) is 87.4 cm³/mol. The lowest BCUT2D eigenvalue weighted by atomic mass is 10.2. The smallest absolute Gasteiger partial charge is 0.240 e. The van der Waals surface area contributed by atoms with E-state index in [0.29, 0.717) is 17.2 Å². The Labute approximate surface area is 139 Å². The van der Waals surface area contributed by atoms with Gasteiger partial charge in [-0.15, -0.1) is 0 Å². The van der Waals surface area contributed by atoms with Gasteiger partial charge >= 0.3 is 0 Å². The molecule has 0 bridgehead atoms. The van der Waals surface area contributed by atoms with Gasteiger partial charge in [0, 0.05) is 24.7 Å². The van der Waals surface area contributed by atoms with Crippen molar-refractivity contribution < 1.29 is 22.7 Å². The number of benzene rings is 2. The van der Waals surface area contributed by atoms with Gasteiger partial charge in [-0.2, -0.15) is 0 Å². The lowest BCUT2D eigenvalue weighted by Gasteiger charge is -2.08. The number of hydrogen-bond donors (Lipinski definition) is 2. The zero-order valence-corrected chi connectivity index (χ0v) is 13.5. The maximum absolute atomic E-state index is 12.0. The number of sulfonamides is 1. The molecule has 0 radical (unpaired) electrons. The molecule has 0 fully saturated rings. The number of carbonyl (C=O) groups is 1. The Kier molecular flexibility index (Phi) is 4.68. The van der Waals surface area contributed by atoms with Crippen molar-refractivity contribution in [1.29, 1.82) is 0 Å². The molecule has 0 atom stereocenters. The normalized spacial score (nSPS) is 12.8. The molecule has 2 aromatic carbocycles. The van der Waals surface area contributed by atoms with Gasteiger partial charge < -0.3 is 14.8 Å². The molecule has 0 aliphatic carbocycles. The first-order chi connectivity index (χ1) is 11.5. The van der Waals surface area contributed by atoms with E-state index in [4.69, 9.17) is 9.47 Å². The summed E-state index contributed by atoms with van der Waals surface area (Å²) in [6, 6.07) is 13.1. The molecule has 1 aliphatic heterocycles. The van der Waals surface area contributed by atoms with Crippen molar-refractivity contribution in [1.82, 2.24) is 4.72 Å². The van der Waals surface area contributed by atoms with Crippen LogP contribution in [-0.2, 0) is 14.8 Å². The number of nitrogens with one attached hydrogen (secondary N) is 2. The van der Waals surface area contributed by atoms with Crippen molar-refractivity contribution in [3.05, 3.63) is 48.5 Å². The quantitative estimate of drug-likeness (QED) is 0.829. The highest BCUT2D eigenvalue weighted by Gasteiger charge is 2.15. The molecule has 0 unspecified atom stereocenters. The molecule has 3 rings (SSSR count). The van der Waals surface area contributed by atoms with Gasteiger partial charge in [0.15, 0.2) is 11.5 Å². The van der Waals surface area contributed by atoms with Crippen LogP contribution in [0.5, 0.6) is 11.5 Å². The summed E-state index contributed by atoms with van der Waals surface area (Å²) in [6.45, 7) is 0.168. The number of hydrogen-bond acceptors (Lipinski definition) is 5. The molecule has 2 aromatic rings. The van der Waals surface area contributed by atoms with E-state index >= 15 is 0 Å². The van der Waals surface area contributed by atoms with Crippen LogP contribution in [0.4, 0.5) is 5.69 Å². The first-order valence-corrected chi connectivity index (χ1v) is 8.77. The van der Waals surface area contributed by atoms with Crippen molar-refractivity contribution in [3.8, 4) is 11.5 Å². The van der Waals surface area contributed by atoms with Crippen LogP contribution in [0.3, 0.4) is 0 Å². The van der Waals surface area contributed by atoms with Gasteiger partial charge in [-0.25, -0.2) is 13.1 Å². The van der Waals surface area contributed by atoms with Crippen LogP contribution in [0.2, 0.25) is 0 Å². The van der Waals surface area contributed by atoms with Crippen LogP contribution in [-0.4, -0.2) is 27.7 Å². The maximum atomic E-state index is 12.0. The van der Waals surface area contributed by atoms with Crippen LogP contribution in [0, 0.1) is 0 Å². The number of ether oxygens (including phenoxy) is 2. The lowest BCUT2D eigenvalue weighted by molar-refractivity contribution is -0.116. The van der Waals surface area contributed by atoms with E-state index in [9.17, 15) is 13.2 Å². The summed E-state index contributed by atoms with van der Waals surface area (Å²) in [5.74, 6) is 0.894. The fourth-order valence-corrected chi connectivity index (χ4v) is 3.23. The molecule has 1 aliphatic rings. The summed E-state index contributed by atoms with van der Waals surface area (Å²) in [5.41, 5.74) is 0.565.